The van der Waals surface area contributed by atoms with Crippen molar-refractivity contribution in [1.29, 1.82) is 0 Å². The summed E-state index contributed by atoms with van der Waals surface area (Å²) < 4.78 is 0. The van der Waals surface area contributed by atoms with E-state index in [1.54, 1.807) is 6.07 Å². The van der Waals surface area contributed by atoms with Crippen LogP contribution < -0.4 is 0 Å². The Morgan fingerprint density at radius 1 is 0.611 bits per heavy atom. The maximum absolute atomic E-state index is 6.41. The van der Waals surface area contributed by atoms with Crippen LogP contribution in [0.5, 0.6) is 0 Å². The first-order valence-electron chi connectivity index (χ1n) is 5.24. The minimum absolute atomic E-state index is 0.359. The molecular formula is C14H6Cl4. The van der Waals surface area contributed by atoms with Gasteiger partial charge in [0.15, 0.2) is 0 Å². The molecule has 0 N–H and O–H groups in total. The van der Waals surface area contributed by atoms with E-state index >= 15 is 0 Å². The average Bonchev–Trinajstić information content (AvgIpc) is 2.38. The molecule has 0 nitrogen and oxygen atoms in total. The fourth-order valence-corrected chi connectivity index (χ4v) is 3.05. The molecule has 3 aromatic rings. The topological polar surface area (TPSA) is 0 Å². The summed E-state index contributed by atoms with van der Waals surface area (Å²) in [7, 11) is 0. The van der Waals surface area contributed by atoms with Gasteiger partial charge in [0.05, 0.1) is 20.1 Å². The molecule has 0 aliphatic rings. The normalized spacial score (nSPS) is 11.3. The summed E-state index contributed by atoms with van der Waals surface area (Å²) in [6.07, 6.45) is 0. The maximum Gasteiger partial charge on any atom is 0.0785 e. The average molecular weight is 316 g/mol. The molecule has 0 fully saturated rings. The van der Waals surface area contributed by atoms with Crippen molar-refractivity contribution in [2.24, 2.45) is 0 Å². The van der Waals surface area contributed by atoms with Crippen LogP contribution in [0, 0.1) is 0 Å². The van der Waals surface area contributed by atoms with E-state index in [0.29, 0.717) is 20.1 Å². The van der Waals surface area contributed by atoms with Crippen LogP contribution in [0.1, 0.15) is 0 Å². The molecule has 0 aromatic heterocycles. The molecule has 0 atom stereocenters. The lowest BCUT2D eigenvalue weighted by Crippen LogP contribution is -1.82. The number of fused-ring (bicyclic) bond motifs is 2. The third kappa shape index (κ3) is 1.76. The Kier molecular flexibility index (Phi) is 3.07. The first kappa shape index (κ1) is 12.4. The number of hydrogen-bond donors (Lipinski definition) is 0. The van der Waals surface area contributed by atoms with Gasteiger partial charge in [-0.2, -0.15) is 0 Å². The lowest BCUT2D eigenvalue weighted by atomic mass is 10.0. The molecule has 0 bridgehead atoms. The zero-order valence-electron chi connectivity index (χ0n) is 8.98. The van der Waals surface area contributed by atoms with Crippen LogP contribution in [-0.2, 0) is 0 Å². The lowest BCUT2D eigenvalue weighted by molar-refractivity contribution is 1.76. The van der Waals surface area contributed by atoms with Crippen LogP contribution in [0.3, 0.4) is 0 Å². The second kappa shape index (κ2) is 4.47. The molecule has 0 saturated carbocycles. The molecule has 0 heterocycles. The molecule has 0 spiro atoms. The molecule has 0 aliphatic carbocycles. The van der Waals surface area contributed by atoms with Crippen molar-refractivity contribution in [3.63, 3.8) is 0 Å². The van der Waals surface area contributed by atoms with E-state index in [0.717, 1.165) is 21.5 Å². The summed E-state index contributed by atoms with van der Waals surface area (Å²) >= 11 is 24.7. The molecule has 90 valence electrons. The second-order valence-corrected chi connectivity index (χ2v) is 5.53. The Labute approximate surface area is 124 Å². The van der Waals surface area contributed by atoms with E-state index in [4.69, 9.17) is 46.4 Å². The minimum Gasteiger partial charge on any atom is -0.0830 e. The fourth-order valence-electron chi connectivity index (χ4n) is 2.06. The van der Waals surface area contributed by atoms with Gasteiger partial charge in [0, 0.05) is 16.2 Å². The van der Waals surface area contributed by atoms with E-state index in [1.165, 1.54) is 0 Å². The van der Waals surface area contributed by atoms with Crippen LogP contribution in [0.4, 0.5) is 0 Å². The fraction of sp³-hybridized carbons (Fsp3) is 0. The SMILES string of the molecule is Clc1cc2c(Cl)c3ccccc3cc2c(Cl)c1Cl. The van der Waals surface area contributed by atoms with Gasteiger partial charge in [-0.3, -0.25) is 0 Å². The Hall–Kier alpha value is -0.660. The predicted octanol–water partition coefficient (Wildman–Crippen LogP) is 6.61. The highest BCUT2D eigenvalue weighted by Crippen LogP contribution is 2.42. The predicted molar refractivity (Wildman–Crippen MR) is 81.5 cm³/mol. The summed E-state index contributed by atoms with van der Waals surface area (Å²) in [6, 6.07) is 11.6. The van der Waals surface area contributed by atoms with Crippen molar-refractivity contribution < 1.29 is 0 Å². The van der Waals surface area contributed by atoms with Gasteiger partial charge < -0.3 is 0 Å². The van der Waals surface area contributed by atoms with Crippen LogP contribution in [-0.4, -0.2) is 0 Å². The van der Waals surface area contributed by atoms with Gasteiger partial charge in [-0.1, -0.05) is 70.7 Å². The zero-order valence-corrected chi connectivity index (χ0v) is 12.0. The number of benzene rings is 3. The van der Waals surface area contributed by atoms with Crippen molar-refractivity contribution >= 4 is 67.9 Å². The molecule has 0 saturated heterocycles. The molecule has 3 aromatic carbocycles. The minimum atomic E-state index is 0.359. The Morgan fingerprint density at radius 3 is 2.06 bits per heavy atom. The van der Waals surface area contributed by atoms with Gasteiger partial charge in [-0.15, -0.1) is 0 Å². The largest absolute Gasteiger partial charge is 0.0830 e. The number of rotatable bonds is 0. The van der Waals surface area contributed by atoms with Gasteiger partial charge >= 0.3 is 0 Å². The first-order valence-corrected chi connectivity index (χ1v) is 6.75. The standard InChI is InChI=1S/C14H6Cl4/c15-11-6-10-9(13(17)14(11)18)5-7-3-1-2-4-8(7)12(10)16/h1-6H. The van der Waals surface area contributed by atoms with Crippen molar-refractivity contribution in [1.82, 2.24) is 0 Å². The molecule has 4 heteroatoms. The number of hydrogen-bond acceptors (Lipinski definition) is 0. The summed E-state index contributed by atoms with van der Waals surface area (Å²) in [5, 5.41) is 5.47. The maximum atomic E-state index is 6.41. The van der Waals surface area contributed by atoms with E-state index in [9.17, 15) is 0 Å². The van der Waals surface area contributed by atoms with Crippen molar-refractivity contribution in [2.75, 3.05) is 0 Å². The van der Waals surface area contributed by atoms with E-state index in [1.807, 2.05) is 30.3 Å². The summed E-state index contributed by atoms with van der Waals surface area (Å²) in [5.41, 5.74) is 0. The van der Waals surface area contributed by atoms with Crippen LogP contribution in [0.2, 0.25) is 20.1 Å². The quantitative estimate of drug-likeness (QED) is 0.323. The van der Waals surface area contributed by atoms with Crippen molar-refractivity contribution in [3.8, 4) is 0 Å². The van der Waals surface area contributed by atoms with Gasteiger partial charge in [-0.05, 0) is 17.5 Å². The third-order valence-electron chi connectivity index (χ3n) is 2.93. The van der Waals surface area contributed by atoms with Crippen molar-refractivity contribution in [3.05, 3.63) is 56.5 Å². The van der Waals surface area contributed by atoms with E-state index < -0.39 is 0 Å². The highest BCUT2D eigenvalue weighted by atomic mass is 35.5. The Morgan fingerprint density at radius 2 is 1.28 bits per heavy atom. The molecule has 3 rings (SSSR count). The van der Waals surface area contributed by atoms with Crippen LogP contribution in [0.25, 0.3) is 21.5 Å². The van der Waals surface area contributed by atoms with Gasteiger partial charge in [0.2, 0.25) is 0 Å². The Balaban J connectivity index is 2.60. The monoisotopic (exact) mass is 314 g/mol. The van der Waals surface area contributed by atoms with Gasteiger partial charge in [0.1, 0.15) is 0 Å². The smallest absolute Gasteiger partial charge is 0.0785 e. The molecule has 0 amide bonds. The van der Waals surface area contributed by atoms with Gasteiger partial charge in [-0.25, -0.2) is 0 Å². The Bertz CT molecular complexity index is 778. The molecule has 18 heavy (non-hydrogen) atoms. The highest BCUT2D eigenvalue weighted by molar-refractivity contribution is 6.52. The second-order valence-electron chi connectivity index (χ2n) is 3.99. The molecule has 0 unspecified atom stereocenters. The van der Waals surface area contributed by atoms with Gasteiger partial charge in [0.25, 0.3) is 0 Å². The van der Waals surface area contributed by atoms with Crippen LogP contribution >= 0.6 is 46.4 Å². The summed E-state index contributed by atoms with van der Waals surface area (Å²) in [5.74, 6) is 0. The van der Waals surface area contributed by atoms with E-state index in [2.05, 4.69) is 0 Å². The highest BCUT2D eigenvalue weighted by Gasteiger charge is 2.13. The first-order chi connectivity index (χ1) is 8.59. The van der Waals surface area contributed by atoms with E-state index in [-0.39, 0.29) is 0 Å². The molecule has 0 aliphatic heterocycles. The zero-order chi connectivity index (χ0) is 12.9. The lowest BCUT2D eigenvalue weighted by Gasteiger charge is -2.09. The number of halogens is 4. The third-order valence-corrected chi connectivity index (χ3v) is 4.62. The summed E-state index contributed by atoms with van der Waals surface area (Å²) in [4.78, 5) is 0. The molecule has 0 radical (unpaired) electrons. The van der Waals surface area contributed by atoms with Crippen molar-refractivity contribution in [2.45, 2.75) is 0 Å². The molecular weight excluding hydrogens is 310 g/mol. The van der Waals surface area contributed by atoms with Crippen LogP contribution in [0.15, 0.2) is 36.4 Å². The summed E-state index contributed by atoms with van der Waals surface area (Å²) in [6.45, 7) is 0.